The van der Waals surface area contributed by atoms with Gasteiger partial charge in [-0.05, 0) is 19.4 Å². The zero-order chi connectivity index (χ0) is 12.8. The smallest absolute Gasteiger partial charge is 0.104 e. The molecule has 2 aromatic rings. The summed E-state index contributed by atoms with van der Waals surface area (Å²) in [5, 5.41) is 18.5. The van der Waals surface area contributed by atoms with Gasteiger partial charge in [-0.2, -0.15) is 20.5 Å². The second kappa shape index (κ2) is 6.30. The highest BCUT2D eigenvalue weighted by atomic mass is 15.3. The summed E-state index contributed by atoms with van der Waals surface area (Å²) in [6, 6.07) is 0.0642. The van der Waals surface area contributed by atoms with Crippen LogP contribution in [0.1, 0.15) is 44.0 Å². The van der Waals surface area contributed by atoms with Gasteiger partial charge in [-0.15, -0.1) is 0 Å². The molecule has 0 aliphatic heterocycles. The van der Waals surface area contributed by atoms with Crippen LogP contribution in [0.25, 0.3) is 0 Å². The zero-order valence-corrected chi connectivity index (χ0v) is 10.9. The molecule has 0 saturated heterocycles. The fourth-order valence-corrected chi connectivity index (χ4v) is 1.91. The molecule has 0 saturated carbocycles. The van der Waals surface area contributed by atoms with E-state index < -0.39 is 0 Å². The van der Waals surface area contributed by atoms with Crippen LogP contribution in [0.15, 0.2) is 18.6 Å². The SMILES string of the molecule is CCCNC(c1cnn(CCC)c1)c1cn[nH]n1. The maximum absolute atomic E-state index is 4.36. The Bertz CT molecular complexity index is 447. The van der Waals surface area contributed by atoms with E-state index in [9.17, 15) is 0 Å². The minimum absolute atomic E-state index is 0.0642. The Balaban J connectivity index is 2.16. The van der Waals surface area contributed by atoms with Crippen molar-refractivity contribution >= 4 is 0 Å². The number of H-pyrrole nitrogens is 1. The first-order valence-corrected chi connectivity index (χ1v) is 6.46. The van der Waals surface area contributed by atoms with E-state index in [1.54, 1.807) is 6.20 Å². The minimum atomic E-state index is 0.0642. The monoisotopic (exact) mass is 248 g/mol. The average molecular weight is 248 g/mol. The molecular weight excluding hydrogens is 228 g/mol. The molecule has 6 heteroatoms. The second-order valence-electron chi connectivity index (χ2n) is 4.32. The van der Waals surface area contributed by atoms with Gasteiger partial charge in [-0.1, -0.05) is 13.8 Å². The summed E-state index contributed by atoms with van der Waals surface area (Å²) in [5.41, 5.74) is 2.03. The molecular formula is C12H20N6. The molecule has 0 bridgehead atoms. The van der Waals surface area contributed by atoms with E-state index in [1.807, 2.05) is 10.9 Å². The predicted octanol–water partition coefficient (Wildman–Crippen LogP) is 1.50. The van der Waals surface area contributed by atoms with Gasteiger partial charge >= 0.3 is 0 Å². The number of hydrogen-bond donors (Lipinski definition) is 2. The van der Waals surface area contributed by atoms with Crippen molar-refractivity contribution in [3.63, 3.8) is 0 Å². The van der Waals surface area contributed by atoms with E-state index in [2.05, 4.69) is 45.9 Å². The summed E-state index contributed by atoms with van der Waals surface area (Å²) < 4.78 is 1.97. The maximum Gasteiger partial charge on any atom is 0.104 e. The number of nitrogens with one attached hydrogen (secondary N) is 2. The zero-order valence-electron chi connectivity index (χ0n) is 10.9. The number of nitrogens with zero attached hydrogens (tertiary/aromatic N) is 4. The van der Waals surface area contributed by atoms with Crippen molar-refractivity contribution in [2.45, 2.75) is 39.3 Å². The molecule has 98 valence electrons. The van der Waals surface area contributed by atoms with Crippen molar-refractivity contribution in [1.29, 1.82) is 0 Å². The fraction of sp³-hybridized carbons (Fsp3) is 0.583. The molecule has 0 aliphatic carbocycles. The van der Waals surface area contributed by atoms with E-state index >= 15 is 0 Å². The van der Waals surface area contributed by atoms with Crippen molar-refractivity contribution in [2.75, 3.05) is 6.54 Å². The number of aryl methyl sites for hydroxylation is 1. The lowest BCUT2D eigenvalue weighted by molar-refractivity contribution is 0.579. The van der Waals surface area contributed by atoms with Crippen molar-refractivity contribution in [3.8, 4) is 0 Å². The molecule has 0 fully saturated rings. The molecule has 6 nitrogen and oxygen atoms in total. The van der Waals surface area contributed by atoms with Crippen LogP contribution in [0.2, 0.25) is 0 Å². The van der Waals surface area contributed by atoms with E-state index in [-0.39, 0.29) is 6.04 Å². The molecule has 2 aromatic heterocycles. The van der Waals surface area contributed by atoms with Crippen LogP contribution >= 0.6 is 0 Å². The molecule has 0 spiro atoms. The Kier molecular flexibility index (Phi) is 4.46. The number of aromatic nitrogens is 5. The second-order valence-corrected chi connectivity index (χ2v) is 4.32. The van der Waals surface area contributed by atoms with Crippen LogP contribution in [0, 0.1) is 0 Å². The molecule has 0 amide bonds. The van der Waals surface area contributed by atoms with E-state index in [0.717, 1.165) is 37.2 Å². The third-order valence-electron chi connectivity index (χ3n) is 2.77. The van der Waals surface area contributed by atoms with Crippen molar-refractivity contribution in [2.24, 2.45) is 0 Å². The van der Waals surface area contributed by atoms with Crippen molar-refractivity contribution in [1.82, 2.24) is 30.5 Å². The van der Waals surface area contributed by atoms with Crippen LogP contribution in [0.5, 0.6) is 0 Å². The predicted molar refractivity (Wildman–Crippen MR) is 69.0 cm³/mol. The van der Waals surface area contributed by atoms with Gasteiger partial charge in [0, 0.05) is 18.3 Å². The number of rotatable bonds is 7. The average Bonchev–Trinajstić information content (AvgIpc) is 3.02. The van der Waals surface area contributed by atoms with Crippen LogP contribution in [-0.4, -0.2) is 31.7 Å². The summed E-state index contributed by atoms with van der Waals surface area (Å²) in [7, 11) is 0. The summed E-state index contributed by atoms with van der Waals surface area (Å²) in [5.74, 6) is 0. The van der Waals surface area contributed by atoms with E-state index in [1.165, 1.54) is 0 Å². The van der Waals surface area contributed by atoms with Gasteiger partial charge in [-0.3, -0.25) is 4.68 Å². The molecule has 2 heterocycles. The highest BCUT2D eigenvalue weighted by molar-refractivity contribution is 5.21. The first-order valence-electron chi connectivity index (χ1n) is 6.46. The lowest BCUT2D eigenvalue weighted by Gasteiger charge is -2.13. The van der Waals surface area contributed by atoms with Gasteiger partial charge in [0.15, 0.2) is 0 Å². The molecule has 1 atom stereocenters. The molecule has 2 N–H and O–H groups in total. The van der Waals surface area contributed by atoms with Crippen molar-refractivity contribution in [3.05, 3.63) is 29.8 Å². The quantitative estimate of drug-likeness (QED) is 0.779. The van der Waals surface area contributed by atoms with Crippen LogP contribution in [0.3, 0.4) is 0 Å². The van der Waals surface area contributed by atoms with Gasteiger partial charge in [0.2, 0.25) is 0 Å². The normalized spacial score (nSPS) is 12.8. The third kappa shape index (κ3) is 2.95. The number of aromatic amines is 1. The van der Waals surface area contributed by atoms with Gasteiger partial charge in [0.25, 0.3) is 0 Å². The van der Waals surface area contributed by atoms with Gasteiger partial charge < -0.3 is 5.32 Å². The Labute approximate surface area is 107 Å². The Morgan fingerprint density at radius 1 is 1.33 bits per heavy atom. The van der Waals surface area contributed by atoms with Gasteiger partial charge in [0.1, 0.15) is 5.69 Å². The fourth-order valence-electron chi connectivity index (χ4n) is 1.91. The molecule has 0 radical (unpaired) electrons. The van der Waals surface area contributed by atoms with E-state index in [4.69, 9.17) is 0 Å². The largest absolute Gasteiger partial charge is 0.305 e. The maximum atomic E-state index is 4.36. The summed E-state index contributed by atoms with van der Waals surface area (Å²) in [4.78, 5) is 0. The first kappa shape index (κ1) is 12.8. The minimum Gasteiger partial charge on any atom is -0.305 e. The highest BCUT2D eigenvalue weighted by Crippen LogP contribution is 2.18. The molecule has 0 aliphatic rings. The van der Waals surface area contributed by atoms with Gasteiger partial charge in [-0.25, -0.2) is 0 Å². The van der Waals surface area contributed by atoms with Crippen LogP contribution in [0.4, 0.5) is 0 Å². The van der Waals surface area contributed by atoms with Crippen molar-refractivity contribution < 1.29 is 0 Å². The lowest BCUT2D eigenvalue weighted by atomic mass is 10.1. The van der Waals surface area contributed by atoms with Gasteiger partial charge in [0.05, 0.1) is 18.4 Å². The Morgan fingerprint density at radius 3 is 2.89 bits per heavy atom. The lowest BCUT2D eigenvalue weighted by Crippen LogP contribution is -2.23. The van der Waals surface area contributed by atoms with E-state index in [0.29, 0.717) is 0 Å². The standard InChI is InChI=1S/C12H20N6/c1-3-5-13-12(11-8-14-17-16-11)10-7-15-18(9-10)6-4-2/h7-9,12-13H,3-6H2,1-2H3,(H,14,16,17). The molecule has 18 heavy (non-hydrogen) atoms. The third-order valence-corrected chi connectivity index (χ3v) is 2.77. The Morgan fingerprint density at radius 2 is 2.22 bits per heavy atom. The molecule has 0 aromatic carbocycles. The molecule has 2 rings (SSSR count). The summed E-state index contributed by atoms with van der Waals surface area (Å²) in [6.07, 6.45) is 7.89. The topological polar surface area (TPSA) is 71.4 Å². The van der Waals surface area contributed by atoms with Crippen LogP contribution < -0.4 is 5.32 Å². The summed E-state index contributed by atoms with van der Waals surface area (Å²) in [6.45, 7) is 6.18. The molecule has 1 unspecified atom stereocenters. The number of hydrogen-bond acceptors (Lipinski definition) is 4. The summed E-state index contributed by atoms with van der Waals surface area (Å²) >= 11 is 0. The first-order chi connectivity index (χ1) is 8.85. The Hall–Kier alpha value is -1.69. The highest BCUT2D eigenvalue weighted by Gasteiger charge is 2.17. The van der Waals surface area contributed by atoms with Crippen LogP contribution in [-0.2, 0) is 6.54 Å².